The lowest BCUT2D eigenvalue weighted by atomic mass is 10.3. The van der Waals surface area contributed by atoms with Crippen LogP contribution in [0.2, 0.25) is 10.0 Å². The maximum atomic E-state index is 11.2. The third-order valence-electron chi connectivity index (χ3n) is 1.63. The summed E-state index contributed by atoms with van der Waals surface area (Å²) in [4.78, 5) is 11.2. The van der Waals surface area contributed by atoms with Gasteiger partial charge in [0.1, 0.15) is 5.75 Å². The van der Waals surface area contributed by atoms with E-state index in [9.17, 15) is 4.79 Å². The molecule has 1 aromatic rings. The Labute approximate surface area is 103 Å². The summed E-state index contributed by atoms with van der Waals surface area (Å²) in [6.07, 6.45) is 0.869. The second kappa shape index (κ2) is 6.21. The van der Waals surface area contributed by atoms with Gasteiger partial charge in [-0.25, -0.2) is 0 Å². The molecule has 0 heterocycles. The van der Waals surface area contributed by atoms with Crippen LogP contribution >= 0.6 is 34.8 Å². The van der Waals surface area contributed by atoms with E-state index >= 15 is 0 Å². The van der Waals surface area contributed by atoms with Crippen molar-refractivity contribution >= 4 is 40.8 Å². The molecule has 0 radical (unpaired) electrons. The summed E-state index contributed by atoms with van der Waals surface area (Å²) in [5, 5.41) is 0.822. The van der Waals surface area contributed by atoms with E-state index in [1.807, 2.05) is 0 Å². The molecule has 1 rings (SSSR count). The van der Waals surface area contributed by atoms with Crippen LogP contribution in [-0.4, -0.2) is 11.8 Å². The predicted octanol–water partition coefficient (Wildman–Crippen LogP) is 3.92. The van der Waals surface area contributed by atoms with E-state index < -0.39 is 0 Å². The normalized spacial score (nSPS) is 10.1. The summed E-state index contributed by atoms with van der Waals surface area (Å²) in [6, 6.07) is 4.69. The molecule has 0 saturated heterocycles. The van der Waals surface area contributed by atoms with Gasteiger partial charge in [-0.3, -0.25) is 4.79 Å². The zero-order valence-electron chi connectivity index (χ0n) is 7.80. The van der Waals surface area contributed by atoms with Crippen molar-refractivity contribution in [3.8, 4) is 5.75 Å². The lowest BCUT2D eigenvalue weighted by Gasteiger charge is -2.05. The summed E-state index contributed by atoms with van der Waals surface area (Å²) < 4.78 is 5.01. The largest absolute Gasteiger partial charge is 0.425 e. The van der Waals surface area contributed by atoms with E-state index in [1.165, 1.54) is 6.07 Å². The van der Waals surface area contributed by atoms with Crippen LogP contribution in [0.4, 0.5) is 0 Å². The molecule has 0 fully saturated rings. The van der Waals surface area contributed by atoms with E-state index in [1.54, 1.807) is 12.1 Å². The van der Waals surface area contributed by atoms with Crippen molar-refractivity contribution in [1.29, 1.82) is 0 Å². The Morgan fingerprint density at radius 2 is 2.07 bits per heavy atom. The Bertz CT molecular complexity index is 353. The average molecular weight is 268 g/mol. The van der Waals surface area contributed by atoms with Crippen LogP contribution in [0.5, 0.6) is 5.75 Å². The third kappa shape index (κ3) is 4.29. The fraction of sp³-hybridized carbons (Fsp3) is 0.300. The number of hydrogen-bond donors (Lipinski definition) is 0. The highest BCUT2D eigenvalue weighted by Gasteiger charge is 2.08. The highest BCUT2D eigenvalue weighted by atomic mass is 35.5. The standard InChI is InChI=1S/C10H9Cl3O2/c11-5-1-2-10(14)15-9-4-3-7(12)6-8(9)13/h3-4,6H,1-2,5H2. The maximum absolute atomic E-state index is 11.2. The molecular formula is C10H9Cl3O2. The van der Waals surface area contributed by atoms with E-state index in [0.29, 0.717) is 28.1 Å². The van der Waals surface area contributed by atoms with Crippen LogP contribution in [0, 0.1) is 0 Å². The van der Waals surface area contributed by atoms with Gasteiger partial charge in [0.25, 0.3) is 0 Å². The fourth-order valence-corrected chi connectivity index (χ4v) is 1.52. The summed E-state index contributed by atoms with van der Waals surface area (Å²) in [6.45, 7) is 0. The van der Waals surface area contributed by atoms with E-state index in [4.69, 9.17) is 39.5 Å². The average Bonchev–Trinajstić information content (AvgIpc) is 2.19. The molecule has 0 aromatic heterocycles. The first kappa shape index (κ1) is 12.6. The minimum Gasteiger partial charge on any atom is -0.425 e. The number of carbonyl (C=O) groups is 1. The number of halogens is 3. The first-order chi connectivity index (χ1) is 7.13. The van der Waals surface area contributed by atoms with Gasteiger partial charge in [0, 0.05) is 17.3 Å². The molecule has 0 aliphatic rings. The van der Waals surface area contributed by atoms with Gasteiger partial charge in [-0.2, -0.15) is 0 Å². The molecule has 2 nitrogen and oxygen atoms in total. The molecule has 0 aliphatic carbocycles. The molecular weight excluding hydrogens is 258 g/mol. The van der Waals surface area contributed by atoms with Crippen LogP contribution in [0.3, 0.4) is 0 Å². The van der Waals surface area contributed by atoms with Gasteiger partial charge in [-0.15, -0.1) is 11.6 Å². The monoisotopic (exact) mass is 266 g/mol. The zero-order chi connectivity index (χ0) is 11.3. The number of esters is 1. The molecule has 1 aromatic carbocycles. The lowest BCUT2D eigenvalue weighted by molar-refractivity contribution is -0.134. The van der Waals surface area contributed by atoms with Crippen LogP contribution in [0.25, 0.3) is 0 Å². The third-order valence-corrected chi connectivity index (χ3v) is 2.43. The van der Waals surface area contributed by atoms with Gasteiger partial charge in [-0.1, -0.05) is 23.2 Å². The quantitative estimate of drug-likeness (QED) is 0.469. The first-order valence-electron chi connectivity index (χ1n) is 4.35. The van der Waals surface area contributed by atoms with Crippen LogP contribution < -0.4 is 4.74 Å². The number of alkyl halides is 1. The van der Waals surface area contributed by atoms with Crippen molar-refractivity contribution in [2.24, 2.45) is 0 Å². The van der Waals surface area contributed by atoms with E-state index in [2.05, 4.69) is 0 Å². The van der Waals surface area contributed by atoms with Crippen molar-refractivity contribution in [3.05, 3.63) is 28.2 Å². The summed E-state index contributed by atoms with van der Waals surface area (Å²) in [5.74, 6) is 0.407. The van der Waals surface area contributed by atoms with Gasteiger partial charge >= 0.3 is 5.97 Å². The number of ether oxygens (including phenoxy) is 1. The number of benzene rings is 1. The molecule has 0 atom stereocenters. The number of carbonyl (C=O) groups excluding carboxylic acids is 1. The van der Waals surface area contributed by atoms with Crippen LogP contribution in [-0.2, 0) is 4.79 Å². The van der Waals surface area contributed by atoms with Crippen molar-refractivity contribution < 1.29 is 9.53 Å². The van der Waals surface area contributed by atoms with Crippen LogP contribution in [0.15, 0.2) is 18.2 Å². The Kier molecular flexibility index (Phi) is 5.23. The van der Waals surface area contributed by atoms with Crippen molar-refractivity contribution in [1.82, 2.24) is 0 Å². The molecule has 15 heavy (non-hydrogen) atoms. The van der Waals surface area contributed by atoms with Crippen molar-refractivity contribution in [2.45, 2.75) is 12.8 Å². The highest BCUT2D eigenvalue weighted by Crippen LogP contribution is 2.27. The molecule has 5 heteroatoms. The van der Waals surface area contributed by atoms with E-state index in [-0.39, 0.29) is 12.4 Å². The van der Waals surface area contributed by atoms with Gasteiger partial charge < -0.3 is 4.74 Å². The predicted molar refractivity (Wildman–Crippen MR) is 62.1 cm³/mol. The summed E-state index contributed by atoms with van der Waals surface area (Å²) in [5.41, 5.74) is 0. The second-order valence-corrected chi connectivity index (χ2v) is 4.06. The van der Waals surface area contributed by atoms with Gasteiger partial charge in [-0.05, 0) is 24.6 Å². The topological polar surface area (TPSA) is 26.3 Å². The minimum absolute atomic E-state index is 0.280. The maximum Gasteiger partial charge on any atom is 0.311 e. The molecule has 82 valence electrons. The molecule has 0 unspecified atom stereocenters. The van der Waals surface area contributed by atoms with E-state index in [0.717, 1.165) is 0 Å². The van der Waals surface area contributed by atoms with Gasteiger partial charge in [0.2, 0.25) is 0 Å². The smallest absolute Gasteiger partial charge is 0.311 e. The van der Waals surface area contributed by atoms with Crippen molar-refractivity contribution in [2.75, 3.05) is 5.88 Å². The zero-order valence-corrected chi connectivity index (χ0v) is 10.1. The first-order valence-corrected chi connectivity index (χ1v) is 5.64. The summed E-state index contributed by atoms with van der Waals surface area (Å²) in [7, 11) is 0. The number of hydrogen-bond acceptors (Lipinski definition) is 2. The molecule has 0 aliphatic heterocycles. The van der Waals surface area contributed by atoms with Crippen molar-refractivity contribution in [3.63, 3.8) is 0 Å². The highest BCUT2D eigenvalue weighted by molar-refractivity contribution is 6.35. The summed E-state index contributed by atoms with van der Waals surface area (Å²) >= 11 is 17.0. The fourth-order valence-electron chi connectivity index (χ4n) is 0.943. The van der Waals surface area contributed by atoms with Crippen LogP contribution in [0.1, 0.15) is 12.8 Å². The Hall–Kier alpha value is -0.440. The Morgan fingerprint density at radius 3 is 2.67 bits per heavy atom. The lowest BCUT2D eigenvalue weighted by Crippen LogP contribution is -2.08. The molecule has 0 bridgehead atoms. The minimum atomic E-state index is -0.347. The second-order valence-electron chi connectivity index (χ2n) is 2.84. The molecule has 0 saturated carbocycles. The Balaban J connectivity index is 2.60. The SMILES string of the molecule is O=C(CCCCl)Oc1ccc(Cl)cc1Cl. The van der Waals surface area contributed by atoms with Gasteiger partial charge in [0.15, 0.2) is 0 Å². The molecule has 0 spiro atoms. The number of rotatable bonds is 4. The molecule has 0 amide bonds. The Morgan fingerprint density at radius 1 is 1.33 bits per heavy atom. The molecule has 0 N–H and O–H groups in total. The van der Waals surface area contributed by atoms with Gasteiger partial charge in [0.05, 0.1) is 5.02 Å².